The molecule has 1 fully saturated rings. The molecule has 90 valence electrons. The summed E-state index contributed by atoms with van der Waals surface area (Å²) in [6, 6.07) is 0. The van der Waals surface area contributed by atoms with E-state index < -0.39 is 0 Å². The van der Waals surface area contributed by atoms with E-state index in [1.54, 1.807) is 0 Å². The second-order valence-electron chi connectivity index (χ2n) is 4.33. The fraction of sp³-hybridized carbons (Fsp3) is 0.818. The lowest BCUT2D eigenvalue weighted by atomic mass is 10.3. The molecule has 0 bridgehead atoms. The second kappa shape index (κ2) is 6.93. The van der Waals surface area contributed by atoms with Crippen LogP contribution in [0, 0.1) is 0 Å². The number of nitrogens with zero attached hydrogens (tertiary/aromatic N) is 3. The number of likely N-dealkylation sites (tertiary alicyclic amines) is 1. The minimum Gasteiger partial charge on any atom is -0.311 e. The number of hydrogen-bond donors (Lipinski definition) is 1. The molecule has 0 saturated carbocycles. The van der Waals surface area contributed by atoms with Crippen LogP contribution < -0.4 is 5.32 Å². The van der Waals surface area contributed by atoms with Gasteiger partial charge in [-0.3, -0.25) is 0 Å². The summed E-state index contributed by atoms with van der Waals surface area (Å²) in [6.07, 6.45) is 5.36. The molecule has 1 saturated heterocycles. The van der Waals surface area contributed by atoms with Crippen molar-refractivity contribution in [2.75, 3.05) is 26.2 Å². The smallest absolute Gasteiger partial charge is 0.0893 e. The first-order valence-corrected chi connectivity index (χ1v) is 6.98. The quantitative estimate of drug-likeness (QED) is 0.733. The Labute approximate surface area is 101 Å². The van der Waals surface area contributed by atoms with Crippen LogP contribution in [0.5, 0.6) is 0 Å². The van der Waals surface area contributed by atoms with Gasteiger partial charge in [0.15, 0.2) is 0 Å². The minimum absolute atomic E-state index is 0.861. The zero-order chi connectivity index (χ0) is 11.1. The largest absolute Gasteiger partial charge is 0.311 e. The first-order valence-electron chi connectivity index (χ1n) is 6.14. The van der Waals surface area contributed by atoms with Crippen LogP contribution in [0.15, 0.2) is 5.38 Å². The van der Waals surface area contributed by atoms with E-state index in [0.29, 0.717) is 0 Å². The van der Waals surface area contributed by atoms with Crippen molar-refractivity contribution in [3.05, 3.63) is 11.1 Å². The van der Waals surface area contributed by atoms with Crippen molar-refractivity contribution in [1.82, 2.24) is 19.8 Å². The molecule has 16 heavy (non-hydrogen) atoms. The number of rotatable bonds is 7. The van der Waals surface area contributed by atoms with Crippen molar-refractivity contribution < 1.29 is 0 Å². The molecule has 0 aromatic carbocycles. The van der Waals surface area contributed by atoms with E-state index >= 15 is 0 Å². The van der Waals surface area contributed by atoms with Gasteiger partial charge in [0.05, 0.1) is 5.69 Å². The van der Waals surface area contributed by atoms with Gasteiger partial charge in [-0.15, -0.1) is 5.10 Å². The molecule has 1 N–H and O–H groups in total. The lowest BCUT2D eigenvalue weighted by molar-refractivity contribution is 0.329. The van der Waals surface area contributed by atoms with Gasteiger partial charge >= 0.3 is 0 Å². The van der Waals surface area contributed by atoms with E-state index in [1.807, 2.05) is 5.38 Å². The van der Waals surface area contributed by atoms with E-state index in [1.165, 1.54) is 56.9 Å². The van der Waals surface area contributed by atoms with Gasteiger partial charge in [-0.25, -0.2) is 0 Å². The summed E-state index contributed by atoms with van der Waals surface area (Å²) in [7, 11) is 0. The average Bonchev–Trinajstić information content (AvgIpc) is 2.96. The fourth-order valence-corrected chi connectivity index (χ4v) is 2.52. The third kappa shape index (κ3) is 4.15. The van der Waals surface area contributed by atoms with Gasteiger partial charge < -0.3 is 10.2 Å². The van der Waals surface area contributed by atoms with Gasteiger partial charge in [-0.2, -0.15) is 0 Å². The number of aromatic nitrogens is 2. The van der Waals surface area contributed by atoms with Gasteiger partial charge in [0.2, 0.25) is 0 Å². The van der Waals surface area contributed by atoms with Gasteiger partial charge in [0, 0.05) is 11.9 Å². The van der Waals surface area contributed by atoms with E-state index in [0.717, 1.165) is 18.8 Å². The summed E-state index contributed by atoms with van der Waals surface area (Å²) < 4.78 is 3.83. The van der Waals surface area contributed by atoms with E-state index in [-0.39, 0.29) is 0 Å². The Kier molecular flexibility index (Phi) is 5.18. The molecule has 0 amide bonds. The predicted molar refractivity (Wildman–Crippen MR) is 66.5 cm³/mol. The Morgan fingerprint density at radius 3 is 2.94 bits per heavy atom. The first-order chi connectivity index (χ1) is 7.95. The van der Waals surface area contributed by atoms with E-state index in [2.05, 4.69) is 19.8 Å². The standard InChI is InChI=1S/C11H20N4S/c1(2-6-15-7-3-4-8-15)5-12-9-11-10-16-14-13-11/h10,12H,1-9H2. The van der Waals surface area contributed by atoms with Crippen molar-refractivity contribution >= 4 is 11.5 Å². The maximum absolute atomic E-state index is 3.99. The van der Waals surface area contributed by atoms with Crippen molar-refractivity contribution in [2.45, 2.75) is 32.2 Å². The van der Waals surface area contributed by atoms with Crippen LogP contribution in [0.4, 0.5) is 0 Å². The second-order valence-corrected chi connectivity index (χ2v) is 4.94. The third-order valence-corrected chi connectivity index (χ3v) is 3.54. The maximum atomic E-state index is 3.99. The zero-order valence-electron chi connectivity index (χ0n) is 9.69. The van der Waals surface area contributed by atoms with Crippen molar-refractivity contribution in [3.8, 4) is 0 Å². The lowest BCUT2D eigenvalue weighted by Gasteiger charge is -2.13. The molecule has 4 nitrogen and oxygen atoms in total. The Bertz CT molecular complexity index is 270. The summed E-state index contributed by atoms with van der Waals surface area (Å²) in [5.74, 6) is 0. The van der Waals surface area contributed by atoms with E-state index in [9.17, 15) is 0 Å². The van der Waals surface area contributed by atoms with Crippen LogP contribution >= 0.6 is 11.5 Å². The molecule has 0 atom stereocenters. The molecule has 2 heterocycles. The molecular weight excluding hydrogens is 220 g/mol. The van der Waals surface area contributed by atoms with Crippen LogP contribution in [0.3, 0.4) is 0 Å². The third-order valence-electron chi connectivity index (χ3n) is 2.99. The van der Waals surface area contributed by atoms with Gasteiger partial charge in [-0.05, 0) is 63.4 Å². The van der Waals surface area contributed by atoms with Crippen LogP contribution in [0.2, 0.25) is 0 Å². The summed E-state index contributed by atoms with van der Waals surface area (Å²) in [5, 5.41) is 9.39. The normalized spacial score (nSPS) is 17.0. The summed E-state index contributed by atoms with van der Waals surface area (Å²) in [4.78, 5) is 2.57. The van der Waals surface area contributed by atoms with E-state index in [4.69, 9.17) is 0 Å². The monoisotopic (exact) mass is 240 g/mol. The van der Waals surface area contributed by atoms with Gasteiger partial charge in [0.1, 0.15) is 0 Å². The van der Waals surface area contributed by atoms with Gasteiger partial charge in [0.25, 0.3) is 0 Å². The summed E-state index contributed by atoms with van der Waals surface area (Å²) in [6.45, 7) is 5.86. The summed E-state index contributed by atoms with van der Waals surface area (Å²) >= 11 is 1.42. The summed E-state index contributed by atoms with van der Waals surface area (Å²) in [5.41, 5.74) is 1.06. The molecule has 1 aliphatic heterocycles. The Morgan fingerprint density at radius 1 is 1.31 bits per heavy atom. The highest BCUT2D eigenvalue weighted by molar-refractivity contribution is 7.03. The zero-order valence-corrected chi connectivity index (χ0v) is 10.5. The molecule has 1 aliphatic rings. The molecular formula is C11H20N4S. The van der Waals surface area contributed by atoms with Crippen molar-refractivity contribution in [2.24, 2.45) is 0 Å². The Hall–Kier alpha value is -0.520. The lowest BCUT2D eigenvalue weighted by Crippen LogP contribution is -2.22. The van der Waals surface area contributed by atoms with Crippen LogP contribution in [-0.4, -0.2) is 40.7 Å². The van der Waals surface area contributed by atoms with Gasteiger partial charge in [-0.1, -0.05) is 4.49 Å². The van der Waals surface area contributed by atoms with Crippen LogP contribution in [-0.2, 0) is 6.54 Å². The fourth-order valence-electron chi connectivity index (χ4n) is 2.07. The minimum atomic E-state index is 0.861. The molecule has 1 aromatic rings. The predicted octanol–water partition coefficient (Wildman–Crippen LogP) is 1.50. The highest BCUT2D eigenvalue weighted by atomic mass is 32.1. The Morgan fingerprint density at radius 2 is 2.19 bits per heavy atom. The van der Waals surface area contributed by atoms with Crippen LogP contribution in [0.1, 0.15) is 31.4 Å². The van der Waals surface area contributed by atoms with Crippen LogP contribution in [0.25, 0.3) is 0 Å². The molecule has 1 aromatic heterocycles. The van der Waals surface area contributed by atoms with Crippen molar-refractivity contribution in [3.63, 3.8) is 0 Å². The number of unbranched alkanes of at least 4 members (excludes halogenated alkanes) is 1. The molecule has 0 aliphatic carbocycles. The molecule has 0 unspecified atom stereocenters. The molecule has 5 heteroatoms. The molecule has 0 spiro atoms. The average molecular weight is 240 g/mol. The topological polar surface area (TPSA) is 41.1 Å². The molecule has 2 rings (SSSR count). The Balaban J connectivity index is 1.43. The SMILES string of the molecule is c1snnc1CNCCCCN1CCCC1. The highest BCUT2D eigenvalue weighted by Crippen LogP contribution is 2.07. The maximum Gasteiger partial charge on any atom is 0.0893 e. The molecule has 0 radical (unpaired) electrons. The first kappa shape index (κ1) is 12.0. The van der Waals surface area contributed by atoms with Crippen molar-refractivity contribution in [1.29, 1.82) is 0 Å². The number of hydrogen-bond acceptors (Lipinski definition) is 5. The highest BCUT2D eigenvalue weighted by Gasteiger charge is 2.09. The number of nitrogens with one attached hydrogen (secondary N) is 1.